The predicted octanol–water partition coefficient (Wildman–Crippen LogP) is 11.3. The molecule has 0 amide bonds. The molecule has 1 unspecified atom stereocenters. The number of allylic oxidation sites excluding steroid dienone is 6. The van der Waals surface area contributed by atoms with E-state index in [4.69, 9.17) is 18.5 Å². The molecule has 0 aromatic rings. The Morgan fingerprint density at radius 1 is 0.600 bits per heavy atom. The maximum absolute atomic E-state index is 12.7. The first-order valence-corrected chi connectivity index (χ1v) is 23.2. The van der Waals surface area contributed by atoms with E-state index in [9.17, 15) is 23.8 Å². The highest BCUT2D eigenvalue weighted by atomic mass is 31.2. The van der Waals surface area contributed by atoms with Crippen LogP contribution in [0.4, 0.5) is 0 Å². The van der Waals surface area contributed by atoms with Crippen molar-refractivity contribution in [3.8, 4) is 0 Å². The number of rotatable bonds is 39. The zero-order valence-electron chi connectivity index (χ0n) is 35.7. The van der Waals surface area contributed by atoms with Crippen LogP contribution in [0.15, 0.2) is 36.5 Å². The molecule has 0 radical (unpaired) electrons. The van der Waals surface area contributed by atoms with E-state index in [0.717, 1.165) is 64.2 Å². The third-order valence-corrected chi connectivity index (χ3v) is 10.1. The summed E-state index contributed by atoms with van der Waals surface area (Å²) in [7, 11) is 1.39. The molecule has 0 rings (SSSR count). The number of unbranched alkanes of at least 4 members (excludes halogenated alkanes) is 18. The van der Waals surface area contributed by atoms with E-state index in [1.165, 1.54) is 64.2 Å². The fourth-order valence-electron chi connectivity index (χ4n) is 5.64. The van der Waals surface area contributed by atoms with Crippen LogP contribution in [0.5, 0.6) is 0 Å². The van der Waals surface area contributed by atoms with Crippen LogP contribution in [0.2, 0.25) is 0 Å². The molecule has 320 valence electrons. The monoisotopic (exact) mass is 799 g/mol. The molecule has 0 aliphatic carbocycles. The molecule has 0 spiro atoms. The summed E-state index contributed by atoms with van der Waals surface area (Å²) in [5, 5.41) is 0. The Bertz CT molecular complexity index is 1100. The van der Waals surface area contributed by atoms with Crippen molar-refractivity contribution >= 4 is 25.5 Å². The van der Waals surface area contributed by atoms with E-state index in [1.54, 1.807) is 6.08 Å². The number of carbonyl (C=O) groups excluding carboxylic acids is 3. The summed E-state index contributed by atoms with van der Waals surface area (Å²) in [4.78, 5) is 47.4. The quantitative estimate of drug-likeness (QED) is 0.0123. The molecule has 0 saturated heterocycles. The van der Waals surface area contributed by atoms with Gasteiger partial charge in [-0.3, -0.25) is 23.4 Å². The van der Waals surface area contributed by atoms with Crippen LogP contribution in [0.1, 0.15) is 174 Å². The van der Waals surface area contributed by atoms with Gasteiger partial charge in [0.2, 0.25) is 0 Å². The van der Waals surface area contributed by atoms with Crippen LogP contribution >= 0.6 is 7.82 Å². The van der Waals surface area contributed by atoms with Crippen molar-refractivity contribution in [2.24, 2.45) is 0 Å². The summed E-state index contributed by atoms with van der Waals surface area (Å²) in [6.45, 7) is 4.21. The third-order valence-electron chi connectivity index (χ3n) is 9.12. The van der Waals surface area contributed by atoms with E-state index < -0.39 is 32.5 Å². The molecule has 0 aliphatic heterocycles. The smallest absolute Gasteiger partial charge is 0.462 e. The van der Waals surface area contributed by atoms with Gasteiger partial charge >= 0.3 is 19.8 Å². The van der Waals surface area contributed by atoms with E-state index in [1.807, 2.05) is 33.3 Å². The Morgan fingerprint density at radius 3 is 1.69 bits per heavy atom. The Labute approximate surface area is 336 Å². The number of hydrogen-bond donors (Lipinski definition) is 1. The number of hydrogen-bond acceptors (Lipinski definition) is 8. The molecule has 0 aromatic heterocycles. The molecular weight excluding hydrogens is 717 g/mol. The minimum Gasteiger partial charge on any atom is -0.462 e. The van der Waals surface area contributed by atoms with Crippen LogP contribution < -0.4 is 0 Å². The van der Waals surface area contributed by atoms with Crippen LogP contribution in [0.3, 0.4) is 0 Å². The van der Waals surface area contributed by atoms with Crippen molar-refractivity contribution in [1.29, 1.82) is 0 Å². The van der Waals surface area contributed by atoms with Gasteiger partial charge in [-0.25, -0.2) is 4.57 Å². The lowest BCUT2D eigenvalue weighted by atomic mass is 10.1. The number of ketones is 1. The molecule has 1 N–H and O–H groups in total. The van der Waals surface area contributed by atoms with Gasteiger partial charge in [-0.1, -0.05) is 128 Å². The van der Waals surface area contributed by atoms with Gasteiger partial charge in [0.15, 0.2) is 11.9 Å². The number of quaternary nitrogens is 1. The fourth-order valence-corrected chi connectivity index (χ4v) is 6.38. The first-order chi connectivity index (χ1) is 26.4. The summed E-state index contributed by atoms with van der Waals surface area (Å²) in [6.07, 6.45) is 35.8. The Kier molecular flexibility index (Phi) is 34.9. The standard InChI is InChI=1S/C44H80NO9P/c1-6-8-10-12-14-15-16-17-18-19-20-21-23-27-31-35-43(47)51-39-42(40-53-55(49,50)52-38-37-45(3,4)5)54-44(48)36-32-28-24-26-30-34-41(46)33-29-25-22-13-11-9-7-2/h17-18,22,25,29,33,42H,6-16,19-21,23-24,26-28,30-32,34-40H2,1-5H3/p+1/b18-17-,25-22-,33-29+/t42-/m1/s1. The number of carbonyl (C=O) groups is 3. The van der Waals surface area contributed by atoms with Crippen molar-refractivity contribution in [1.82, 2.24) is 0 Å². The number of nitrogens with zero attached hydrogens (tertiary/aromatic N) is 1. The highest BCUT2D eigenvalue weighted by Gasteiger charge is 2.27. The number of esters is 2. The fraction of sp³-hybridized carbons (Fsp3) is 0.795. The summed E-state index contributed by atoms with van der Waals surface area (Å²) in [5.74, 6) is -0.781. The topological polar surface area (TPSA) is 125 Å². The zero-order valence-corrected chi connectivity index (χ0v) is 36.5. The van der Waals surface area contributed by atoms with Crippen molar-refractivity contribution in [2.45, 2.75) is 180 Å². The highest BCUT2D eigenvalue weighted by Crippen LogP contribution is 2.43. The first kappa shape index (κ1) is 52.9. The van der Waals surface area contributed by atoms with Gasteiger partial charge in [0.25, 0.3) is 0 Å². The number of likely N-dealkylation sites (N-methyl/N-ethyl adjacent to an activating group) is 1. The number of ether oxygens (including phenoxy) is 2. The van der Waals surface area contributed by atoms with E-state index in [0.29, 0.717) is 30.3 Å². The minimum atomic E-state index is -4.41. The van der Waals surface area contributed by atoms with Crippen molar-refractivity contribution in [3.05, 3.63) is 36.5 Å². The Balaban J connectivity index is 4.47. The average molecular weight is 799 g/mol. The second-order valence-corrected chi connectivity index (χ2v) is 17.2. The predicted molar refractivity (Wildman–Crippen MR) is 225 cm³/mol. The Morgan fingerprint density at radius 2 is 1.09 bits per heavy atom. The zero-order chi connectivity index (χ0) is 40.9. The van der Waals surface area contributed by atoms with E-state index in [-0.39, 0.29) is 31.8 Å². The maximum Gasteiger partial charge on any atom is 0.472 e. The molecule has 0 aliphatic rings. The molecule has 11 heteroatoms. The summed E-state index contributed by atoms with van der Waals surface area (Å²) < 4.78 is 34.2. The van der Waals surface area contributed by atoms with E-state index >= 15 is 0 Å². The summed E-state index contributed by atoms with van der Waals surface area (Å²) in [5.41, 5.74) is 0. The molecule has 0 saturated carbocycles. The van der Waals surface area contributed by atoms with Crippen LogP contribution in [0, 0.1) is 0 Å². The van der Waals surface area contributed by atoms with Gasteiger partial charge in [-0.05, 0) is 63.9 Å². The highest BCUT2D eigenvalue weighted by molar-refractivity contribution is 7.47. The van der Waals surface area contributed by atoms with Crippen LogP contribution in [-0.4, -0.2) is 80.7 Å². The SMILES string of the molecule is CCCCC/C=C\C=C\C(=O)CCCCCCCC(=O)O[C@H](COC(=O)CCCCCCC/C=C\CCCCCCCC)COP(=O)(O)OCC[N+](C)(C)C. The second-order valence-electron chi connectivity index (χ2n) is 15.8. The van der Waals surface area contributed by atoms with Gasteiger partial charge in [0, 0.05) is 19.3 Å². The van der Waals surface area contributed by atoms with Gasteiger partial charge < -0.3 is 18.9 Å². The van der Waals surface area contributed by atoms with Gasteiger partial charge in [0.1, 0.15) is 19.8 Å². The summed E-state index contributed by atoms with van der Waals surface area (Å²) >= 11 is 0. The molecule has 2 atom stereocenters. The number of phosphoric acid groups is 1. The molecule has 55 heavy (non-hydrogen) atoms. The molecule has 0 fully saturated rings. The number of phosphoric ester groups is 1. The normalized spacial score (nSPS) is 13.9. The lowest BCUT2D eigenvalue weighted by molar-refractivity contribution is -0.870. The molecule has 0 heterocycles. The van der Waals surface area contributed by atoms with Gasteiger partial charge in [-0.2, -0.15) is 0 Å². The van der Waals surface area contributed by atoms with Gasteiger partial charge in [-0.15, -0.1) is 0 Å². The van der Waals surface area contributed by atoms with Crippen LogP contribution in [0.25, 0.3) is 0 Å². The lowest BCUT2D eigenvalue weighted by Gasteiger charge is -2.24. The summed E-state index contributed by atoms with van der Waals surface area (Å²) in [6, 6.07) is 0. The molecule has 0 aromatic carbocycles. The molecule has 0 bridgehead atoms. The van der Waals surface area contributed by atoms with Crippen LogP contribution in [-0.2, 0) is 37.5 Å². The van der Waals surface area contributed by atoms with Crippen molar-refractivity contribution in [3.63, 3.8) is 0 Å². The molecular formula is C44H81NO9P+. The maximum atomic E-state index is 12.7. The van der Waals surface area contributed by atoms with Crippen molar-refractivity contribution in [2.75, 3.05) is 47.5 Å². The van der Waals surface area contributed by atoms with Crippen molar-refractivity contribution < 1.29 is 46.8 Å². The lowest BCUT2D eigenvalue weighted by Crippen LogP contribution is -2.37. The van der Waals surface area contributed by atoms with E-state index in [2.05, 4.69) is 32.1 Å². The Hall–Kier alpha value is -2.10. The van der Waals surface area contributed by atoms with Gasteiger partial charge in [0.05, 0.1) is 27.7 Å². The largest absolute Gasteiger partial charge is 0.472 e. The second kappa shape index (κ2) is 36.3. The average Bonchev–Trinajstić information content (AvgIpc) is 3.12. The third kappa shape index (κ3) is 39.9. The minimum absolute atomic E-state index is 0.00801. The molecule has 10 nitrogen and oxygen atoms in total. The first-order valence-electron chi connectivity index (χ1n) is 21.7.